The van der Waals surface area contributed by atoms with E-state index in [1.807, 2.05) is 39.1 Å². The lowest BCUT2D eigenvalue weighted by atomic mass is 10.1. The van der Waals surface area contributed by atoms with Crippen LogP contribution in [0.3, 0.4) is 0 Å². The number of hydrogen-bond acceptors (Lipinski definition) is 3. The van der Waals surface area contributed by atoms with Crippen LogP contribution in [0, 0.1) is 0 Å². The summed E-state index contributed by atoms with van der Waals surface area (Å²) in [6.07, 6.45) is 4.32. The quantitative estimate of drug-likeness (QED) is 0.883. The number of rotatable bonds is 3. The molecular formula is C19H24N2O4. The molecule has 1 aliphatic rings. The molecule has 2 N–H and O–H groups in total. The molecule has 0 bridgehead atoms. The smallest absolute Gasteiger partial charge is 0.407 e. The highest BCUT2D eigenvalue weighted by Gasteiger charge is 2.29. The van der Waals surface area contributed by atoms with Gasteiger partial charge in [-0.2, -0.15) is 0 Å². The van der Waals surface area contributed by atoms with Gasteiger partial charge in [-0.15, -0.1) is 0 Å². The largest absolute Gasteiger partial charge is 0.478 e. The third-order valence-corrected chi connectivity index (χ3v) is 4.49. The van der Waals surface area contributed by atoms with Crippen LogP contribution in [-0.2, 0) is 4.74 Å². The molecule has 6 heteroatoms. The number of carboxylic acids is 1. The van der Waals surface area contributed by atoms with Crippen LogP contribution < -0.4 is 5.32 Å². The van der Waals surface area contributed by atoms with Crippen molar-refractivity contribution in [3.63, 3.8) is 0 Å². The Morgan fingerprint density at radius 3 is 2.68 bits per heavy atom. The van der Waals surface area contributed by atoms with Gasteiger partial charge in [0.05, 0.1) is 5.56 Å². The van der Waals surface area contributed by atoms with Crippen LogP contribution in [0.1, 0.15) is 56.4 Å². The van der Waals surface area contributed by atoms with E-state index in [2.05, 4.69) is 9.88 Å². The topological polar surface area (TPSA) is 80.6 Å². The Labute approximate surface area is 146 Å². The highest BCUT2D eigenvalue weighted by molar-refractivity contribution is 5.93. The number of alkyl carbamates (subject to hydrolysis) is 1. The molecule has 0 spiro atoms. The normalized spacial score (nSPS) is 20.6. The van der Waals surface area contributed by atoms with Crippen molar-refractivity contribution in [3.05, 3.63) is 36.0 Å². The van der Waals surface area contributed by atoms with Crippen molar-refractivity contribution in [2.45, 2.75) is 57.7 Å². The van der Waals surface area contributed by atoms with Crippen LogP contribution >= 0.6 is 0 Å². The number of nitrogens with zero attached hydrogens (tertiary/aromatic N) is 1. The molecule has 6 nitrogen and oxygen atoms in total. The first-order valence-corrected chi connectivity index (χ1v) is 8.56. The Morgan fingerprint density at radius 1 is 1.24 bits per heavy atom. The van der Waals surface area contributed by atoms with E-state index in [1.54, 1.807) is 12.1 Å². The lowest BCUT2D eigenvalue weighted by Gasteiger charge is -2.22. The number of amides is 1. The number of benzene rings is 1. The molecule has 1 fully saturated rings. The van der Waals surface area contributed by atoms with E-state index in [0.29, 0.717) is 5.56 Å². The first-order valence-electron chi connectivity index (χ1n) is 8.56. The van der Waals surface area contributed by atoms with Crippen LogP contribution in [-0.4, -0.2) is 33.4 Å². The maximum atomic E-state index is 11.9. The fourth-order valence-corrected chi connectivity index (χ4v) is 3.43. The molecule has 0 saturated heterocycles. The number of carboxylic acid groups (broad SMARTS) is 1. The minimum absolute atomic E-state index is 0.0931. The van der Waals surface area contributed by atoms with Gasteiger partial charge >= 0.3 is 12.1 Å². The molecule has 0 unspecified atom stereocenters. The summed E-state index contributed by atoms with van der Waals surface area (Å²) in [5.41, 5.74) is 0.815. The summed E-state index contributed by atoms with van der Waals surface area (Å²) >= 11 is 0. The minimum Gasteiger partial charge on any atom is -0.478 e. The van der Waals surface area contributed by atoms with E-state index < -0.39 is 11.6 Å². The molecule has 1 amide bonds. The van der Waals surface area contributed by atoms with Crippen LogP contribution in [0.5, 0.6) is 0 Å². The second-order valence-electron chi connectivity index (χ2n) is 7.61. The lowest BCUT2D eigenvalue weighted by Crippen LogP contribution is -2.38. The molecule has 0 aliphatic heterocycles. The van der Waals surface area contributed by atoms with Crippen molar-refractivity contribution in [3.8, 4) is 0 Å². The van der Waals surface area contributed by atoms with Crippen LogP contribution in [0.25, 0.3) is 10.9 Å². The molecule has 1 heterocycles. The van der Waals surface area contributed by atoms with Crippen molar-refractivity contribution >= 4 is 23.0 Å². The maximum absolute atomic E-state index is 11.9. The van der Waals surface area contributed by atoms with Gasteiger partial charge in [-0.3, -0.25) is 0 Å². The van der Waals surface area contributed by atoms with Gasteiger partial charge in [-0.05, 0) is 64.3 Å². The highest BCUT2D eigenvalue weighted by Crippen LogP contribution is 2.33. The summed E-state index contributed by atoms with van der Waals surface area (Å²) in [5.74, 6) is -0.919. The molecule has 1 aromatic carbocycles. The molecule has 2 aromatic rings. The summed E-state index contributed by atoms with van der Waals surface area (Å²) in [4.78, 5) is 23.0. The third kappa shape index (κ3) is 3.95. The van der Waals surface area contributed by atoms with Gasteiger partial charge in [0.2, 0.25) is 0 Å². The van der Waals surface area contributed by atoms with Crippen molar-refractivity contribution in [2.24, 2.45) is 0 Å². The Kier molecular flexibility index (Phi) is 4.45. The van der Waals surface area contributed by atoms with Gasteiger partial charge in [-0.25, -0.2) is 9.59 Å². The summed E-state index contributed by atoms with van der Waals surface area (Å²) < 4.78 is 7.50. The fraction of sp³-hybridized carbons (Fsp3) is 0.474. The molecule has 0 radical (unpaired) electrons. The summed E-state index contributed by atoms with van der Waals surface area (Å²) in [7, 11) is 0. The van der Waals surface area contributed by atoms with E-state index in [1.165, 1.54) is 0 Å². The van der Waals surface area contributed by atoms with Gasteiger partial charge in [-0.1, -0.05) is 0 Å². The van der Waals surface area contributed by atoms with Crippen LogP contribution in [0.4, 0.5) is 4.79 Å². The first-order chi connectivity index (χ1) is 11.7. The summed E-state index contributed by atoms with van der Waals surface area (Å²) in [6.45, 7) is 5.55. The Bertz CT molecular complexity index is 803. The monoisotopic (exact) mass is 344 g/mol. The second kappa shape index (κ2) is 6.43. The molecule has 3 rings (SSSR count). The van der Waals surface area contributed by atoms with Crippen LogP contribution in [0.2, 0.25) is 0 Å². The maximum Gasteiger partial charge on any atom is 0.407 e. The number of fused-ring (bicyclic) bond motifs is 1. The second-order valence-corrected chi connectivity index (χ2v) is 7.61. The van der Waals surface area contributed by atoms with Gasteiger partial charge in [0.1, 0.15) is 5.60 Å². The zero-order chi connectivity index (χ0) is 18.2. The van der Waals surface area contributed by atoms with E-state index in [-0.39, 0.29) is 18.2 Å². The number of carbonyl (C=O) groups excluding carboxylic acids is 1. The van der Waals surface area contributed by atoms with Crippen molar-refractivity contribution in [1.29, 1.82) is 0 Å². The summed E-state index contributed by atoms with van der Waals surface area (Å²) in [6, 6.07) is 7.50. The third-order valence-electron chi connectivity index (χ3n) is 4.49. The number of hydrogen-bond donors (Lipinski definition) is 2. The predicted octanol–water partition coefficient (Wildman–Crippen LogP) is 3.96. The fourth-order valence-electron chi connectivity index (χ4n) is 3.43. The number of aromatic carboxylic acids is 1. The van der Waals surface area contributed by atoms with E-state index in [4.69, 9.17) is 9.84 Å². The van der Waals surface area contributed by atoms with Gasteiger partial charge in [0, 0.05) is 29.2 Å². The predicted molar refractivity (Wildman–Crippen MR) is 94.9 cm³/mol. The number of nitrogens with one attached hydrogen (secondary N) is 1. The van der Waals surface area contributed by atoms with Gasteiger partial charge < -0.3 is 19.7 Å². The highest BCUT2D eigenvalue weighted by atomic mass is 16.6. The van der Waals surface area contributed by atoms with E-state index in [0.717, 1.165) is 30.2 Å². The van der Waals surface area contributed by atoms with Crippen molar-refractivity contribution in [1.82, 2.24) is 9.88 Å². The lowest BCUT2D eigenvalue weighted by molar-refractivity contribution is 0.0504. The Balaban J connectivity index is 1.69. The molecule has 1 aliphatic carbocycles. The first kappa shape index (κ1) is 17.3. The molecule has 25 heavy (non-hydrogen) atoms. The molecule has 134 valence electrons. The average molecular weight is 344 g/mol. The van der Waals surface area contributed by atoms with Crippen LogP contribution in [0.15, 0.2) is 30.5 Å². The zero-order valence-corrected chi connectivity index (χ0v) is 14.8. The number of aromatic nitrogens is 1. The SMILES string of the molecule is CC(C)(C)OC(=O)N[C@@H]1CC[C@H](n2ccc3cc(C(=O)O)ccc32)C1. The van der Waals surface area contributed by atoms with Crippen molar-refractivity contribution in [2.75, 3.05) is 0 Å². The molecule has 1 aromatic heterocycles. The van der Waals surface area contributed by atoms with Crippen molar-refractivity contribution < 1.29 is 19.4 Å². The van der Waals surface area contributed by atoms with Gasteiger partial charge in [0.15, 0.2) is 0 Å². The molecule has 1 saturated carbocycles. The Morgan fingerprint density at radius 2 is 2.00 bits per heavy atom. The number of carbonyl (C=O) groups is 2. The zero-order valence-electron chi connectivity index (χ0n) is 14.8. The summed E-state index contributed by atoms with van der Waals surface area (Å²) in [5, 5.41) is 13.0. The number of ether oxygens (including phenoxy) is 1. The minimum atomic E-state index is -0.919. The Hall–Kier alpha value is -2.50. The van der Waals surface area contributed by atoms with E-state index in [9.17, 15) is 9.59 Å². The molecular weight excluding hydrogens is 320 g/mol. The standard InChI is InChI=1S/C19H24N2O4/c1-19(2,3)25-18(24)20-14-5-6-15(11-14)21-9-8-12-10-13(17(22)23)4-7-16(12)21/h4,7-10,14-15H,5-6,11H2,1-3H3,(H,20,24)(H,22,23)/t14-,15+/m1/s1. The average Bonchev–Trinajstić information content (AvgIpc) is 3.10. The van der Waals surface area contributed by atoms with E-state index >= 15 is 0 Å². The molecule has 2 atom stereocenters. The van der Waals surface area contributed by atoms with Gasteiger partial charge in [0.25, 0.3) is 0 Å².